The van der Waals surface area contributed by atoms with Gasteiger partial charge in [-0.3, -0.25) is 0 Å². The first-order valence-corrected chi connectivity index (χ1v) is 5.14. The highest BCUT2D eigenvalue weighted by Crippen LogP contribution is 2.43. The SMILES string of the molecule is NCC[C@@H]1C[C@H]1Cc1ccccc1. The van der Waals surface area contributed by atoms with Crippen LogP contribution in [0.5, 0.6) is 0 Å². The molecule has 0 amide bonds. The molecule has 1 aromatic rings. The summed E-state index contributed by atoms with van der Waals surface area (Å²) >= 11 is 0. The lowest BCUT2D eigenvalue weighted by atomic mass is 10.1. The molecule has 2 N–H and O–H groups in total. The number of hydrogen-bond acceptors (Lipinski definition) is 1. The summed E-state index contributed by atoms with van der Waals surface area (Å²) in [6.07, 6.45) is 3.87. The lowest BCUT2D eigenvalue weighted by Gasteiger charge is -1.99. The van der Waals surface area contributed by atoms with Gasteiger partial charge in [0, 0.05) is 0 Å². The molecule has 0 radical (unpaired) electrons. The van der Waals surface area contributed by atoms with E-state index in [0.717, 1.165) is 18.4 Å². The smallest absolute Gasteiger partial charge is 0.00745 e. The molecular formula is C12H17N. The molecule has 1 heteroatoms. The topological polar surface area (TPSA) is 26.0 Å². The van der Waals surface area contributed by atoms with E-state index < -0.39 is 0 Å². The van der Waals surface area contributed by atoms with E-state index in [1.54, 1.807) is 0 Å². The Morgan fingerprint density at radius 1 is 1.15 bits per heavy atom. The Hall–Kier alpha value is -0.820. The van der Waals surface area contributed by atoms with Crippen LogP contribution in [0.15, 0.2) is 30.3 Å². The van der Waals surface area contributed by atoms with E-state index in [-0.39, 0.29) is 0 Å². The normalized spacial score (nSPS) is 25.9. The monoisotopic (exact) mass is 175 g/mol. The lowest BCUT2D eigenvalue weighted by molar-refractivity contribution is 0.650. The first-order valence-electron chi connectivity index (χ1n) is 5.14. The fourth-order valence-electron chi connectivity index (χ4n) is 2.04. The number of hydrogen-bond donors (Lipinski definition) is 1. The Bertz CT molecular complexity index is 255. The summed E-state index contributed by atoms with van der Waals surface area (Å²) in [6, 6.07) is 10.8. The van der Waals surface area contributed by atoms with Crippen molar-refractivity contribution < 1.29 is 0 Å². The van der Waals surface area contributed by atoms with E-state index in [2.05, 4.69) is 30.3 Å². The van der Waals surface area contributed by atoms with Crippen molar-refractivity contribution in [2.75, 3.05) is 6.54 Å². The Labute approximate surface area is 80.0 Å². The van der Waals surface area contributed by atoms with Gasteiger partial charge in [0.15, 0.2) is 0 Å². The van der Waals surface area contributed by atoms with Gasteiger partial charge in [-0.25, -0.2) is 0 Å². The van der Waals surface area contributed by atoms with E-state index in [9.17, 15) is 0 Å². The quantitative estimate of drug-likeness (QED) is 0.746. The van der Waals surface area contributed by atoms with Crippen molar-refractivity contribution in [3.63, 3.8) is 0 Å². The van der Waals surface area contributed by atoms with Gasteiger partial charge in [-0.15, -0.1) is 0 Å². The standard InChI is InChI=1S/C12H17N/c13-7-6-11-9-12(11)8-10-4-2-1-3-5-10/h1-5,11-12H,6-9,13H2/t11-,12-/m1/s1. The molecule has 13 heavy (non-hydrogen) atoms. The van der Waals surface area contributed by atoms with Crippen LogP contribution in [0.4, 0.5) is 0 Å². The Balaban J connectivity index is 1.81. The molecule has 0 spiro atoms. The second-order valence-corrected chi connectivity index (χ2v) is 4.02. The molecule has 1 nitrogen and oxygen atoms in total. The summed E-state index contributed by atoms with van der Waals surface area (Å²) in [7, 11) is 0. The van der Waals surface area contributed by atoms with E-state index >= 15 is 0 Å². The molecule has 0 bridgehead atoms. The molecule has 1 aromatic carbocycles. The predicted octanol–water partition coefficient (Wildman–Crippen LogP) is 2.21. The van der Waals surface area contributed by atoms with Crippen LogP contribution in [-0.4, -0.2) is 6.54 Å². The van der Waals surface area contributed by atoms with Gasteiger partial charge < -0.3 is 5.73 Å². The van der Waals surface area contributed by atoms with Gasteiger partial charge in [0.05, 0.1) is 0 Å². The maximum Gasteiger partial charge on any atom is -0.00745 e. The molecule has 2 rings (SSSR count). The van der Waals surface area contributed by atoms with E-state index in [1.807, 2.05) is 0 Å². The van der Waals surface area contributed by atoms with Crippen molar-refractivity contribution >= 4 is 0 Å². The third-order valence-corrected chi connectivity index (χ3v) is 2.95. The van der Waals surface area contributed by atoms with Gasteiger partial charge in [-0.05, 0) is 43.2 Å². The van der Waals surface area contributed by atoms with Crippen molar-refractivity contribution in [1.29, 1.82) is 0 Å². The van der Waals surface area contributed by atoms with E-state index in [1.165, 1.54) is 24.8 Å². The van der Waals surface area contributed by atoms with Crippen LogP contribution in [0.1, 0.15) is 18.4 Å². The van der Waals surface area contributed by atoms with Crippen LogP contribution in [0, 0.1) is 11.8 Å². The van der Waals surface area contributed by atoms with Crippen molar-refractivity contribution in [1.82, 2.24) is 0 Å². The predicted molar refractivity (Wildman–Crippen MR) is 55.4 cm³/mol. The summed E-state index contributed by atoms with van der Waals surface area (Å²) in [5.74, 6) is 1.84. The zero-order valence-corrected chi connectivity index (χ0v) is 7.95. The fraction of sp³-hybridized carbons (Fsp3) is 0.500. The molecule has 70 valence electrons. The second-order valence-electron chi connectivity index (χ2n) is 4.02. The molecule has 0 saturated heterocycles. The van der Waals surface area contributed by atoms with Crippen molar-refractivity contribution in [2.45, 2.75) is 19.3 Å². The van der Waals surface area contributed by atoms with Gasteiger partial charge in [0.2, 0.25) is 0 Å². The molecule has 0 aliphatic heterocycles. The molecule has 0 unspecified atom stereocenters. The Kier molecular flexibility index (Phi) is 2.65. The summed E-state index contributed by atoms with van der Waals surface area (Å²) in [6.45, 7) is 0.857. The van der Waals surface area contributed by atoms with Gasteiger partial charge in [-0.1, -0.05) is 30.3 Å². The molecule has 1 saturated carbocycles. The molecule has 0 heterocycles. The fourth-order valence-corrected chi connectivity index (χ4v) is 2.04. The zero-order chi connectivity index (χ0) is 9.10. The van der Waals surface area contributed by atoms with Gasteiger partial charge >= 0.3 is 0 Å². The van der Waals surface area contributed by atoms with Crippen molar-refractivity contribution in [3.8, 4) is 0 Å². The maximum atomic E-state index is 5.53. The third kappa shape index (κ3) is 2.31. The highest BCUT2D eigenvalue weighted by atomic mass is 14.5. The van der Waals surface area contributed by atoms with E-state index in [4.69, 9.17) is 5.73 Å². The van der Waals surface area contributed by atoms with Crippen LogP contribution in [0.25, 0.3) is 0 Å². The van der Waals surface area contributed by atoms with Crippen LogP contribution >= 0.6 is 0 Å². The molecular weight excluding hydrogens is 158 g/mol. The first-order chi connectivity index (χ1) is 6.40. The van der Waals surface area contributed by atoms with Gasteiger partial charge in [0.25, 0.3) is 0 Å². The Morgan fingerprint density at radius 2 is 1.92 bits per heavy atom. The maximum absolute atomic E-state index is 5.53. The minimum Gasteiger partial charge on any atom is -0.330 e. The molecule has 2 atom stereocenters. The number of nitrogens with two attached hydrogens (primary N) is 1. The lowest BCUT2D eigenvalue weighted by Crippen LogP contribution is -2.00. The molecule has 1 aliphatic carbocycles. The van der Waals surface area contributed by atoms with Crippen LogP contribution in [0.2, 0.25) is 0 Å². The Morgan fingerprint density at radius 3 is 2.62 bits per heavy atom. The minimum absolute atomic E-state index is 0.857. The van der Waals surface area contributed by atoms with Crippen molar-refractivity contribution in [3.05, 3.63) is 35.9 Å². The summed E-state index contributed by atoms with van der Waals surface area (Å²) in [5.41, 5.74) is 7.00. The summed E-state index contributed by atoms with van der Waals surface area (Å²) in [4.78, 5) is 0. The van der Waals surface area contributed by atoms with Crippen molar-refractivity contribution in [2.24, 2.45) is 17.6 Å². The summed E-state index contributed by atoms with van der Waals surface area (Å²) < 4.78 is 0. The average molecular weight is 175 g/mol. The largest absolute Gasteiger partial charge is 0.330 e. The van der Waals surface area contributed by atoms with Crippen LogP contribution in [-0.2, 0) is 6.42 Å². The van der Waals surface area contributed by atoms with E-state index in [0.29, 0.717) is 0 Å². The highest BCUT2D eigenvalue weighted by Gasteiger charge is 2.35. The zero-order valence-electron chi connectivity index (χ0n) is 7.95. The molecule has 1 aliphatic rings. The highest BCUT2D eigenvalue weighted by molar-refractivity contribution is 5.16. The third-order valence-electron chi connectivity index (χ3n) is 2.95. The molecule has 0 aromatic heterocycles. The van der Waals surface area contributed by atoms with Gasteiger partial charge in [-0.2, -0.15) is 0 Å². The van der Waals surface area contributed by atoms with Crippen LogP contribution < -0.4 is 5.73 Å². The average Bonchev–Trinajstić information content (AvgIpc) is 2.86. The van der Waals surface area contributed by atoms with Gasteiger partial charge in [0.1, 0.15) is 0 Å². The number of benzene rings is 1. The minimum atomic E-state index is 0.857. The molecule has 1 fully saturated rings. The van der Waals surface area contributed by atoms with Crippen LogP contribution in [0.3, 0.4) is 0 Å². The summed E-state index contributed by atoms with van der Waals surface area (Å²) in [5, 5.41) is 0. The number of rotatable bonds is 4. The second kappa shape index (κ2) is 3.93. The first kappa shape index (κ1) is 8.76.